The van der Waals surface area contributed by atoms with Crippen LogP contribution in [-0.4, -0.2) is 52.6 Å². The number of allylic oxidation sites excluding steroid dienone is 1. The summed E-state index contributed by atoms with van der Waals surface area (Å²) >= 11 is 0. The number of hydrogen-bond donors (Lipinski definition) is 2. The predicted molar refractivity (Wildman–Crippen MR) is 122 cm³/mol. The number of aromatic hydroxyl groups is 2. The quantitative estimate of drug-likeness (QED) is 0.578. The highest BCUT2D eigenvalue weighted by Crippen LogP contribution is 2.47. The highest BCUT2D eigenvalue weighted by molar-refractivity contribution is 6.17. The molecule has 2 aliphatic rings. The third kappa shape index (κ3) is 3.47. The number of phenolic OH excluding ortho intramolecular Hbond substituents is 2. The van der Waals surface area contributed by atoms with Gasteiger partial charge in [-0.25, -0.2) is 0 Å². The lowest BCUT2D eigenvalue weighted by atomic mass is 10.0. The highest BCUT2D eigenvalue weighted by Gasteiger charge is 2.35. The van der Waals surface area contributed by atoms with Crippen LogP contribution in [0.4, 0.5) is 0 Å². The molecule has 8 heteroatoms. The molecule has 0 bridgehead atoms. The molecule has 0 saturated heterocycles. The molecular formula is C25H24N2O6. The van der Waals surface area contributed by atoms with Gasteiger partial charge < -0.3 is 29.2 Å². The van der Waals surface area contributed by atoms with Crippen molar-refractivity contribution < 1.29 is 29.3 Å². The summed E-state index contributed by atoms with van der Waals surface area (Å²) in [5, 5.41) is 20.8. The highest BCUT2D eigenvalue weighted by atomic mass is 16.5. The molecule has 2 heterocycles. The molecule has 0 atom stereocenters. The first-order valence-corrected chi connectivity index (χ1v) is 10.7. The number of likely N-dealkylation sites (N-methyl/N-ethyl adjacent to an activating group) is 1. The molecule has 33 heavy (non-hydrogen) atoms. The second-order valence-electron chi connectivity index (χ2n) is 8.61. The van der Waals surface area contributed by atoms with Crippen molar-refractivity contribution in [1.82, 2.24) is 9.47 Å². The number of carbonyl (C=O) groups is 2. The van der Waals surface area contributed by atoms with E-state index in [1.807, 2.05) is 22.8 Å². The van der Waals surface area contributed by atoms with Gasteiger partial charge in [0.2, 0.25) is 11.7 Å². The van der Waals surface area contributed by atoms with E-state index in [0.29, 0.717) is 5.75 Å². The van der Waals surface area contributed by atoms with Crippen LogP contribution in [0.5, 0.6) is 23.0 Å². The molecule has 2 aromatic carbocycles. The van der Waals surface area contributed by atoms with E-state index in [2.05, 4.69) is 0 Å². The maximum atomic E-state index is 13.0. The summed E-state index contributed by atoms with van der Waals surface area (Å²) in [4.78, 5) is 27.2. The summed E-state index contributed by atoms with van der Waals surface area (Å²) in [6.45, 7) is 0.175. The van der Waals surface area contributed by atoms with Crippen molar-refractivity contribution >= 4 is 28.7 Å². The van der Waals surface area contributed by atoms with E-state index >= 15 is 0 Å². The number of fused-ring (bicyclic) bond motifs is 2. The molecule has 1 aliphatic heterocycles. The number of amides is 1. The Morgan fingerprint density at radius 1 is 1.24 bits per heavy atom. The number of rotatable bonds is 5. The molecule has 0 radical (unpaired) electrons. The van der Waals surface area contributed by atoms with Crippen molar-refractivity contribution in [3.05, 3.63) is 52.9 Å². The fourth-order valence-corrected chi connectivity index (χ4v) is 4.31. The lowest BCUT2D eigenvalue weighted by Gasteiger charge is -2.15. The van der Waals surface area contributed by atoms with Gasteiger partial charge in [0, 0.05) is 48.4 Å². The lowest BCUT2D eigenvalue weighted by molar-refractivity contribution is -0.129. The minimum atomic E-state index is -0.461. The van der Waals surface area contributed by atoms with E-state index in [1.165, 1.54) is 6.07 Å². The fourth-order valence-electron chi connectivity index (χ4n) is 4.31. The zero-order chi connectivity index (χ0) is 23.4. The summed E-state index contributed by atoms with van der Waals surface area (Å²) in [6.07, 6.45) is 3.65. The Balaban J connectivity index is 1.71. The molecule has 1 amide bonds. The van der Waals surface area contributed by atoms with Crippen molar-refractivity contribution in [1.29, 1.82) is 0 Å². The molecule has 0 unspecified atom stereocenters. The normalized spacial score (nSPS) is 16.2. The Morgan fingerprint density at radius 3 is 2.67 bits per heavy atom. The molecule has 1 saturated carbocycles. The number of methoxy groups -OCH3 is 1. The Hall–Kier alpha value is -3.94. The van der Waals surface area contributed by atoms with E-state index in [4.69, 9.17) is 9.47 Å². The minimum absolute atomic E-state index is 0.0242. The van der Waals surface area contributed by atoms with Gasteiger partial charge in [0.1, 0.15) is 35.1 Å². The minimum Gasteiger partial charge on any atom is -0.508 e. The van der Waals surface area contributed by atoms with E-state index in [1.54, 1.807) is 32.2 Å². The topological polar surface area (TPSA) is 101 Å². The van der Waals surface area contributed by atoms with Gasteiger partial charge in [0.05, 0.1) is 7.11 Å². The van der Waals surface area contributed by atoms with Crippen LogP contribution < -0.4 is 9.47 Å². The number of phenols is 2. The van der Waals surface area contributed by atoms with E-state index in [-0.39, 0.29) is 46.9 Å². The van der Waals surface area contributed by atoms with Gasteiger partial charge in [-0.05, 0) is 43.0 Å². The monoisotopic (exact) mass is 448 g/mol. The molecule has 1 fully saturated rings. The first-order chi connectivity index (χ1) is 15.8. The Labute approximate surface area is 190 Å². The van der Waals surface area contributed by atoms with Crippen LogP contribution in [0.2, 0.25) is 0 Å². The van der Waals surface area contributed by atoms with Gasteiger partial charge in [-0.1, -0.05) is 0 Å². The summed E-state index contributed by atoms with van der Waals surface area (Å²) in [5.41, 5.74) is 2.65. The van der Waals surface area contributed by atoms with Gasteiger partial charge in [0.15, 0.2) is 5.76 Å². The molecule has 0 spiro atoms. The summed E-state index contributed by atoms with van der Waals surface area (Å²) in [7, 11) is 5.03. The second-order valence-corrected chi connectivity index (χ2v) is 8.61. The van der Waals surface area contributed by atoms with Crippen molar-refractivity contribution in [3.8, 4) is 23.0 Å². The average Bonchev–Trinajstić information content (AvgIpc) is 3.50. The third-order valence-corrected chi connectivity index (χ3v) is 6.12. The number of ether oxygens (including phenoxy) is 2. The number of benzene rings is 2. The second kappa shape index (κ2) is 7.58. The summed E-state index contributed by atoms with van der Waals surface area (Å²) in [5.74, 6) is 0.0623. The van der Waals surface area contributed by atoms with Crippen molar-refractivity contribution in [2.24, 2.45) is 0 Å². The molecule has 2 N–H and O–H groups in total. The lowest BCUT2D eigenvalue weighted by Crippen LogP contribution is -2.26. The molecular weight excluding hydrogens is 424 g/mol. The van der Waals surface area contributed by atoms with Gasteiger partial charge in [-0.2, -0.15) is 0 Å². The van der Waals surface area contributed by atoms with Crippen LogP contribution >= 0.6 is 0 Å². The first-order valence-electron chi connectivity index (χ1n) is 10.7. The Kier molecular flexibility index (Phi) is 4.81. The zero-order valence-corrected chi connectivity index (χ0v) is 18.6. The van der Waals surface area contributed by atoms with Crippen LogP contribution in [-0.2, 0) is 11.3 Å². The van der Waals surface area contributed by atoms with Crippen LogP contribution in [0.3, 0.4) is 0 Å². The van der Waals surface area contributed by atoms with Crippen molar-refractivity contribution in [3.63, 3.8) is 0 Å². The smallest absolute Gasteiger partial charge is 0.242 e. The maximum absolute atomic E-state index is 13.0. The molecule has 5 rings (SSSR count). The molecule has 1 aromatic heterocycles. The van der Waals surface area contributed by atoms with Gasteiger partial charge in [-0.3, -0.25) is 9.59 Å². The standard InChI is InChI=1S/C25H24N2O6/c1-26(2)22(30)12-27-18-7-6-15(32-3)10-16(18)17(24(27)13-4-5-13)11-21-25(31)23-19(29)8-14(28)9-20(23)33-21/h6-11,13,28-29H,4-5,12H2,1-3H3/b21-11-. The number of nitrogens with zero attached hydrogens (tertiary/aromatic N) is 2. The first kappa shape index (κ1) is 20.9. The number of Topliss-reactive ketones (excluding diaryl/α,β-unsaturated/α-hetero) is 1. The van der Waals surface area contributed by atoms with Gasteiger partial charge in [-0.15, -0.1) is 0 Å². The van der Waals surface area contributed by atoms with Crippen LogP contribution in [0.25, 0.3) is 17.0 Å². The van der Waals surface area contributed by atoms with Crippen molar-refractivity contribution in [2.45, 2.75) is 25.3 Å². The summed E-state index contributed by atoms with van der Waals surface area (Å²) < 4.78 is 13.2. The van der Waals surface area contributed by atoms with Crippen molar-refractivity contribution in [2.75, 3.05) is 21.2 Å². The number of aromatic nitrogens is 1. The van der Waals surface area contributed by atoms with Gasteiger partial charge in [0.25, 0.3) is 0 Å². The van der Waals surface area contributed by atoms with Crippen LogP contribution in [0.15, 0.2) is 36.1 Å². The Morgan fingerprint density at radius 2 is 2.00 bits per heavy atom. The number of hydrogen-bond acceptors (Lipinski definition) is 6. The van der Waals surface area contributed by atoms with Crippen LogP contribution in [0, 0.1) is 0 Å². The zero-order valence-electron chi connectivity index (χ0n) is 18.6. The van der Waals surface area contributed by atoms with E-state index < -0.39 is 5.78 Å². The molecule has 1 aliphatic carbocycles. The number of carbonyl (C=O) groups excluding carboxylic acids is 2. The van der Waals surface area contributed by atoms with E-state index in [9.17, 15) is 19.8 Å². The Bertz CT molecular complexity index is 1350. The molecule has 3 aromatic rings. The summed E-state index contributed by atoms with van der Waals surface area (Å²) in [6, 6.07) is 8.07. The maximum Gasteiger partial charge on any atom is 0.242 e. The average molecular weight is 448 g/mol. The molecule has 8 nitrogen and oxygen atoms in total. The SMILES string of the molecule is COc1ccc2c(c1)c(/C=C1\Oc3cc(O)cc(O)c3C1=O)c(C1CC1)n2CC(=O)N(C)C. The largest absolute Gasteiger partial charge is 0.508 e. The molecule has 170 valence electrons. The van der Waals surface area contributed by atoms with Crippen LogP contribution in [0.1, 0.15) is 40.4 Å². The van der Waals surface area contributed by atoms with E-state index in [0.717, 1.165) is 41.1 Å². The predicted octanol–water partition coefficient (Wildman–Crippen LogP) is 3.64. The third-order valence-electron chi connectivity index (χ3n) is 6.12. The van der Waals surface area contributed by atoms with Gasteiger partial charge >= 0.3 is 0 Å². The fraction of sp³-hybridized carbons (Fsp3) is 0.280. The number of ketones is 1.